The Bertz CT molecular complexity index is 737. The number of piperazine rings is 1. The van der Waals surface area contributed by atoms with Crippen molar-refractivity contribution < 1.29 is 22.4 Å². The number of hydrogen-bond acceptors (Lipinski definition) is 6. The van der Waals surface area contributed by atoms with E-state index in [4.69, 9.17) is 0 Å². The summed E-state index contributed by atoms with van der Waals surface area (Å²) >= 11 is 0. The smallest absolute Gasteiger partial charge is 0.371 e. The van der Waals surface area contributed by atoms with Crippen LogP contribution in [0.25, 0.3) is 0 Å². The van der Waals surface area contributed by atoms with Crippen molar-refractivity contribution in [2.45, 2.75) is 18.6 Å². The van der Waals surface area contributed by atoms with Crippen molar-refractivity contribution in [1.82, 2.24) is 14.9 Å². The van der Waals surface area contributed by atoms with Crippen LogP contribution < -0.4 is 10.2 Å². The topological polar surface area (TPSA) is 61.4 Å². The number of aldehydes is 1. The molecule has 2 heterocycles. The number of rotatable bonds is 5. The number of anilines is 2. The Morgan fingerprint density at radius 3 is 2.41 bits per heavy atom. The van der Waals surface area contributed by atoms with Gasteiger partial charge in [-0.15, -0.1) is 0 Å². The number of carbonyl (C=O) groups excluding carboxylic acids is 1. The van der Waals surface area contributed by atoms with Gasteiger partial charge < -0.3 is 15.1 Å². The maximum atomic E-state index is 13.1. The Kier molecular flexibility index (Phi) is 4.43. The van der Waals surface area contributed by atoms with Gasteiger partial charge in [0.05, 0.1) is 5.92 Å². The summed E-state index contributed by atoms with van der Waals surface area (Å²) in [6.07, 6.45) is 0.867. The molecule has 2 atom stereocenters. The number of alkyl halides is 3. The molecule has 1 aromatic heterocycles. The summed E-state index contributed by atoms with van der Waals surface area (Å²) in [4.78, 5) is 22.7. The molecule has 1 N–H and O–H groups in total. The third-order valence-electron chi connectivity index (χ3n) is 5.78. The molecule has 2 bridgehead atoms. The zero-order valence-electron chi connectivity index (χ0n) is 14.4. The average Bonchev–Trinajstić information content (AvgIpc) is 2.57. The molecular formula is C17H19F4N5O. The highest BCUT2D eigenvalue weighted by atomic mass is 19.4. The van der Waals surface area contributed by atoms with Crippen LogP contribution in [-0.2, 0) is 4.79 Å². The lowest BCUT2D eigenvalue weighted by Crippen LogP contribution is -2.70. The van der Waals surface area contributed by atoms with E-state index in [-0.39, 0.29) is 12.3 Å². The minimum Gasteiger partial charge on any atom is -0.371 e. The second-order valence-electron chi connectivity index (χ2n) is 7.18. The van der Waals surface area contributed by atoms with Crippen LogP contribution in [0.5, 0.6) is 0 Å². The molecule has 1 aliphatic heterocycles. The molecule has 3 saturated carbocycles. The number of carbonyl (C=O) groups is 1. The second-order valence-corrected chi connectivity index (χ2v) is 7.18. The SMILES string of the molecule is O=CC(F)=CN1CCN(c2nccnc2NC2C3CC2C3C(F)(F)F)CC1. The molecule has 10 heteroatoms. The summed E-state index contributed by atoms with van der Waals surface area (Å²) in [5, 5.41) is 3.15. The number of halogens is 4. The molecule has 3 aliphatic carbocycles. The minimum absolute atomic E-state index is 0.162. The molecule has 0 amide bonds. The van der Waals surface area contributed by atoms with E-state index >= 15 is 0 Å². The Morgan fingerprint density at radius 1 is 1.15 bits per heavy atom. The van der Waals surface area contributed by atoms with Crippen molar-refractivity contribution >= 4 is 17.9 Å². The summed E-state index contributed by atoms with van der Waals surface area (Å²) in [6.45, 7) is 2.08. The van der Waals surface area contributed by atoms with Crippen LogP contribution in [0.3, 0.4) is 0 Å². The number of hydrogen-bond donors (Lipinski definition) is 1. The van der Waals surface area contributed by atoms with Crippen molar-refractivity contribution in [3.8, 4) is 0 Å². The van der Waals surface area contributed by atoms with Gasteiger partial charge in [-0.25, -0.2) is 14.4 Å². The van der Waals surface area contributed by atoms with Crippen LogP contribution in [-0.4, -0.2) is 59.6 Å². The number of aromatic nitrogens is 2. The lowest BCUT2D eigenvalue weighted by atomic mass is 9.44. The first-order valence-corrected chi connectivity index (χ1v) is 8.84. The quantitative estimate of drug-likeness (QED) is 0.477. The van der Waals surface area contributed by atoms with Crippen molar-refractivity contribution in [2.24, 2.45) is 17.8 Å². The first kappa shape index (κ1) is 18.0. The summed E-state index contributed by atoms with van der Waals surface area (Å²) in [5.74, 6) is -1.73. The molecule has 0 radical (unpaired) electrons. The van der Waals surface area contributed by atoms with Gasteiger partial charge in [0.1, 0.15) is 0 Å². The molecule has 4 fully saturated rings. The van der Waals surface area contributed by atoms with Crippen LogP contribution in [0.4, 0.5) is 29.2 Å². The van der Waals surface area contributed by atoms with Crippen LogP contribution in [0, 0.1) is 17.8 Å². The summed E-state index contributed by atoms with van der Waals surface area (Å²) < 4.78 is 51.8. The third kappa shape index (κ3) is 3.21. The highest BCUT2D eigenvalue weighted by Crippen LogP contribution is 2.64. The second kappa shape index (κ2) is 6.65. The van der Waals surface area contributed by atoms with E-state index in [1.807, 2.05) is 4.90 Å². The number of nitrogens with one attached hydrogen (secondary N) is 1. The summed E-state index contributed by atoms with van der Waals surface area (Å²) in [7, 11) is 0. The van der Waals surface area contributed by atoms with E-state index in [0.717, 1.165) is 0 Å². The zero-order valence-corrected chi connectivity index (χ0v) is 14.4. The Labute approximate surface area is 153 Å². The van der Waals surface area contributed by atoms with Gasteiger partial charge in [-0.2, -0.15) is 13.2 Å². The first-order chi connectivity index (χ1) is 12.9. The highest BCUT2D eigenvalue weighted by molar-refractivity contribution is 5.69. The van der Waals surface area contributed by atoms with Gasteiger partial charge in [0.25, 0.3) is 0 Å². The normalized spacial score (nSPS) is 30.4. The monoisotopic (exact) mass is 385 g/mol. The molecule has 146 valence electrons. The van der Waals surface area contributed by atoms with E-state index in [9.17, 15) is 22.4 Å². The van der Waals surface area contributed by atoms with Crippen molar-refractivity contribution in [1.29, 1.82) is 0 Å². The van der Waals surface area contributed by atoms with Crippen LogP contribution in [0.15, 0.2) is 24.4 Å². The van der Waals surface area contributed by atoms with Gasteiger partial charge in [0.2, 0.25) is 0 Å². The Morgan fingerprint density at radius 2 is 1.81 bits per heavy atom. The van der Waals surface area contributed by atoms with Gasteiger partial charge in [-0.05, 0) is 18.3 Å². The average molecular weight is 385 g/mol. The molecule has 2 unspecified atom stereocenters. The van der Waals surface area contributed by atoms with Gasteiger partial charge in [0.15, 0.2) is 23.7 Å². The van der Waals surface area contributed by atoms with Crippen LogP contribution in [0.2, 0.25) is 0 Å². The van der Waals surface area contributed by atoms with E-state index in [1.54, 1.807) is 11.1 Å². The van der Waals surface area contributed by atoms with E-state index < -0.39 is 29.8 Å². The maximum absolute atomic E-state index is 13.1. The standard InChI is InChI=1S/C17H19F4N5O/c18-10(9-27)8-25-3-5-26(6-4-25)16-15(22-1-2-23-16)24-14-11-7-12(14)13(11)17(19,20)21/h1-2,8-9,11-14H,3-7H2,(H,22,24). The van der Waals surface area contributed by atoms with Gasteiger partial charge in [-0.3, -0.25) is 4.79 Å². The molecule has 5 rings (SSSR count). The third-order valence-corrected chi connectivity index (χ3v) is 5.78. The zero-order chi connectivity index (χ0) is 19.2. The summed E-state index contributed by atoms with van der Waals surface area (Å²) in [5.41, 5.74) is 0. The molecule has 1 saturated heterocycles. The molecule has 6 nitrogen and oxygen atoms in total. The largest absolute Gasteiger partial charge is 0.392 e. The van der Waals surface area contributed by atoms with Gasteiger partial charge >= 0.3 is 6.18 Å². The Balaban J connectivity index is 1.40. The fourth-order valence-corrected chi connectivity index (χ4v) is 4.23. The predicted molar refractivity (Wildman–Crippen MR) is 89.6 cm³/mol. The van der Waals surface area contributed by atoms with E-state index in [2.05, 4.69) is 15.3 Å². The van der Waals surface area contributed by atoms with Crippen molar-refractivity contribution in [2.75, 3.05) is 36.4 Å². The minimum atomic E-state index is -4.13. The van der Waals surface area contributed by atoms with Crippen LogP contribution in [0.1, 0.15) is 6.42 Å². The number of allylic oxidation sites excluding steroid dienone is 1. The molecule has 0 aromatic carbocycles. The fraction of sp³-hybridized carbons (Fsp3) is 0.588. The molecule has 27 heavy (non-hydrogen) atoms. The van der Waals surface area contributed by atoms with Gasteiger partial charge in [-0.1, -0.05) is 0 Å². The lowest BCUT2D eigenvalue weighted by Gasteiger charge is -2.64. The molecule has 4 aliphatic rings. The van der Waals surface area contributed by atoms with Crippen LogP contribution >= 0.6 is 0 Å². The molecule has 0 spiro atoms. The molecule has 1 aromatic rings. The van der Waals surface area contributed by atoms with Crippen molar-refractivity contribution in [3.05, 3.63) is 24.4 Å². The van der Waals surface area contributed by atoms with E-state index in [0.29, 0.717) is 44.2 Å². The van der Waals surface area contributed by atoms with Gasteiger partial charge in [0, 0.05) is 50.8 Å². The van der Waals surface area contributed by atoms with Crippen molar-refractivity contribution in [3.63, 3.8) is 0 Å². The highest BCUT2D eigenvalue weighted by Gasteiger charge is 2.70. The first-order valence-electron chi connectivity index (χ1n) is 8.84. The Hall–Kier alpha value is -2.39. The molecular weight excluding hydrogens is 366 g/mol. The maximum Gasteiger partial charge on any atom is 0.392 e. The summed E-state index contributed by atoms with van der Waals surface area (Å²) in [6, 6.07) is -0.210. The fourth-order valence-electron chi connectivity index (χ4n) is 4.23. The lowest BCUT2D eigenvalue weighted by molar-refractivity contribution is -0.289. The number of nitrogens with zero attached hydrogens (tertiary/aromatic N) is 4. The van der Waals surface area contributed by atoms with E-state index in [1.165, 1.54) is 12.4 Å². The predicted octanol–water partition coefficient (Wildman–Crippen LogP) is 2.22.